The zero-order valence-corrected chi connectivity index (χ0v) is 49.2. The number of anilines is 17. The highest BCUT2D eigenvalue weighted by Gasteiger charge is 2.31. The second kappa shape index (κ2) is 34.1. The molecule has 0 spiro atoms. The largest absolute Gasteiger partial charge is 0.381 e. The first-order chi connectivity index (χ1) is 46.1. The predicted molar refractivity (Wildman–Crippen MR) is 317 cm³/mol. The molecule has 8 aromatic rings. The van der Waals surface area contributed by atoms with Gasteiger partial charge in [-0.3, -0.25) is 50.7 Å². The molecule has 0 radical (unpaired) electrons. The lowest BCUT2D eigenvalue weighted by Gasteiger charge is -2.27. The molecule has 8 aromatic heterocycles. The van der Waals surface area contributed by atoms with E-state index in [2.05, 4.69) is 141 Å². The van der Waals surface area contributed by atoms with Crippen LogP contribution < -0.4 is 85.1 Å². The summed E-state index contributed by atoms with van der Waals surface area (Å²) in [5, 5.41) is 161. The highest BCUT2D eigenvalue weighted by Crippen LogP contribution is 2.31. The molecule has 55 nitrogen and oxygen atoms in total. The van der Waals surface area contributed by atoms with Gasteiger partial charge in [-0.15, -0.1) is 0 Å². The van der Waals surface area contributed by atoms with Crippen molar-refractivity contribution in [3.05, 3.63) is 40.8 Å². The molecule has 0 saturated carbocycles. The number of nitrogens with zero attached hydrogens (tertiary/aromatic N) is 30. The van der Waals surface area contributed by atoms with Crippen molar-refractivity contribution in [3.8, 4) is 0 Å². The summed E-state index contributed by atoms with van der Waals surface area (Å²) in [5.41, 5.74) is 33.7. The summed E-state index contributed by atoms with van der Waals surface area (Å²) in [6.45, 7) is -11.3. The molecule has 3 atom stereocenters. The lowest BCUT2D eigenvalue weighted by Crippen LogP contribution is -2.34. The fourth-order valence-corrected chi connectivity index (χ4v) is 7.27. The minimum absolute atomic E-state index is 0.0189. The van der Waals surface area contributed by atoms with Crippen LogP contribution >= 0.6 is 0 Å². The van der Waals surface area contributed by atoms with Crippen LogP contribution in [0.5, 0.6) is 0 Å². The Balaban J connectivity index is 0.000000328. The Kier molecular flexibility index (Phi) is 25.6. The van der Waals surface area contributed by atoms with Crippen molar-refractivity contribution < 1.29 is 76.6 Å². The number of aliphatic hydroxyl groups excluding tert-OH is 15. The highest BCUT2D eigenvalue weighted by molar-refractivity contribution is 5.61. The lowest BCUT2D eigenvalue weighted by atomic mass is 10.3. The van der Waals surface area contributed by atoms with Crippen molar-refractivity contribution in [3.63, 3.8) is 0 Å². The monoisotopic (exact) mass is 1350 g/mol. The first kappa shape index (κ1) is 72.2. The van der Waals surface area contributed by atoms with Crippen LogP contribution in [0.2, 0.25) is 0 Å². The summed E-state index contributed by atoms with van der Waals surface area (Å²) >= 11 is 0. The highest BCUT2D eigenvalue weighted by atomic mass is 16.3. The van der Waals surface area contributed by atoms with E-state index < -0.39 is 170 Å². The Bertz CT molecular complexity index is 3540. The minimum Gasteiger partial charge on any atom is -0.381 e. The van der Waals surface area contributed by atoms with Crippen LogP contribution in [-0.4, -0.2) is 277 Å². The van der Waals surface area contributed by atoms with Gasteiger partial charge in [-0.2, -0.15) is 110 Å². The van der Waals surface area contributed by atoms with Crippen LogP contribution in [0, 0.1) is 0 Å². The van der Waals surface area contributed by atoms with Gasteiger partial charge in [0.2, 0.25) is 101 Å². The van der Waals surface area contributed by atoms with Crippen molar-refractivity contribution in [1.82, 2.24) is 136 Å². The Hall–Kier alpha value is -11.2. The molecular weight excluding hydrogens is 1290 g/mol. The molecule has 0 aliphatic rings. The van der Waals surface area contributed by atoms with Crippen molar-refractivity contribution in [2.75, 3.05) is 150 Å². The fraction of sp³-hybridized carbons (Fsp3) is 0.415. The van der Waals surface area contributed by atoms with Crippen molar-refractivity contribution >= 4 is 101 Å². The van der Waals surface area contributed by atoms with Crippen LogP contribution in [-0.2, 0) is 12.8 Å². The standard InChI is InChI=1S/C27H45N21O15.C14H17N19/c49-1-28-16(61)13-31-14(17(62)29-2-50)34-22(33-13)46(10-58)25-40-26(47(11-59)23-35-15(18(63)30-3-51)32-19(37-23)43(4-52)5-53)42-27(41-25)48(12-60)24-38-20(44(6-54)7-55)36-21(39-24)45(8-56)9-57;15-7-22-5(23-8(16)28-7)1-3-21-4(2-6-24-9(17)29-10(18)25-6)27-13(26-3)33-14-31-11(19)30-12(20)32-14/h16-18,28-30,49-63H,1-12H2;1-2H2,(H4,15,16,22,23,28)(H4,17,18,24,25,29)(H5,19,20,21,26,27,30,31,32,33). The van der Waals surface area contributed by atoms with Crippen LogP contribution in [0.25, 0.3) is 0 Å². The van der Waals surface area contributed by atoms with E-state index in [0.29, 0.717) is 14.7 Å². The topological polar surface area (TPSA) is 836 Å². The molecule has 96 heavy (non-hydrogen) atoms. The smallest absolute Gasteiger partial charge is 0.240 e. The first-order valence-corrected chi connectivity index (χ1v) is 26.6. The normalized spacial score (nSPS) is 12.1. The summed E-state index contributed by atoms with van der Waals surface area (Å²) in [5.74, 6) is -6.66. The maximum absolute atomic E-state index is 10.8. The SMILES string of the molecule is Nc1nc(N)nc(Cc2nc(Cc3nc(N)nc(N)n3)nc(Nc3nc(N)nc(N)n3)n2)n1.OCNC(O)c1nc(C(O)NCO)nc(N(CO)c2nc(N(CO)c3nc(C(O)NCO)nc(N(CO)CO)n3)nc(N(CO)c3nc(N(CO)CO)nc(N(CO)CO)n3)n2)n1. The number of nitrogens with two attached hydrogens (primary N) is 6. The predicted octanol–water partition coefficient (Wildman–Crippen LogP) is -13.8. The van der Waals surface area contributed by atoms with E-state index in [9.17, 15) is 76.6 Å². The van der Waals surface area contributed by atoms with E-state index in [1.54, 1.807) is 0 Å². The van der Waals surface area contributed by atoms with Gasteiger partial charge < -0.3 is 111 Å². The number of nitrogens with one attached hydrogen (secondary N) is 4. The van der Waals surface area contributed by atoms with Crippen LogP contribution in [0.1, 0.15) is 59.5 Å². The molecule has 516 valence electrons. The number of aliphatic hydroxyl groups is 15. The molecule has 31 N–H and O–H groups in total. The number of aromatic nitrogens is 24. The summed E-state index contributed by atoms with van der Waals surface area (Å²) in [7, 11) is 0. The molecule has 0 aliphatic heterocycles. The summed E-state index contributed by atoms with van der Waals surface area (Å²) in [4.78, 5) is 102. The maximum Gasteiger partial charge on any atom is 0.240 e. The van der Waals surface area contributed by atoms with Crippen LogP contribution in [0.3, 0.4) is 0 Å². The molecule has 55 heteroatoms. The van der Waals surface area contributed by atoms with Crippen LogP contribution in [0.4, 0.5) is 101 Å². The van der Waals surface area contributed by atoms with Gasteiger partial charge in [0.1, 0.15) is 83.9 Å². The van der Waals surface area contributed by atoms with Gasteiger partial charge in [0.25, 0.3) is 0 Å². The van der Waals surface area contributed by atoms with Gasteiger partial charge in [0.15, 0.2) is 36.2 Å². The first-order valence-electron chi connectivity index (χ1n) is 26.6. The van der Waals surface area contributed by atoms with Gasteiger partial charge in [-0.25, -0.2) is 9.97 Å². The second-order valence-corrected chi connectivity index (χ2v) is 17.9. The van der Waals surface area contributed by atoms with Crippen molar-refractivity contribution in [2.45, 2.75) is 31.5 Å². The average molecular weight is 1360 g/mol. The molecule has 0 bridgehead atoms. The van der Waals surface area contributed by atoms with Gasteiger partial charge in [-0.1, -0.05) is 0 Å². The summed E-state index contributed by atoms with van der Waals surface area (Å²) in [6.07, 6.45) is -5.44. The average Bonchev–Trinajstić information content (AvgIpc) is 0.786. The Morgan fingerprint density at radius 3 is 0.812 bits per heavy atom. The molecule has 0 aromatic carbocycles. The number of hydrogen-bond donors (Lipinski definition) is 25. The third kappa shape index (κ3) is 18.8. The maximum atomic E-state index is 10.8. The van der Waals surface area contributed by atoms with E-state index in [-0.39, 0.29) is 83.7 Å². The molecule has 0 amide bonds. The minimum atomic E-state index is -1.85. The number of rotatable bonds is 33. The summed E-state index contributed by atoms with van der Waals surface area (Å²) in [6, 6.07) is 0. The van der Waals surface area contributed by atoms with Gasteiger partial charge in [-0.05, 0) is 0 Å². The Morgan fingerprint density at radius 2 is 0.500 bits per heavy atom. The molecule has 0 fully saturated rings. The molecule has 0 saturated heterocycles. The Morgan fingerprint density at radius 1 is 0.260 bits per heavy atom. The zero-order chi connectivity index (χ0) is 69.8. The Labute approximate surface area is 534 Å². The van der Waals surface area contributed by atoms with Gasteiger partial charge in [0.05, 0.1) is 33.0 Å². The fourth-order valence-electron chi connectivity index (χ4n) is 7.27. The molecule has 8 heterocycles. The molecular formula is C41H62N40O15. The second-order valence-electron chi connectivity index (χ2n) is 17.9. The zero-order valence-electron chi connectivity index (χ0n) is 49.2. The van der Waals surface area contributed by atoms with Gasteiger partial charge >= 0.3 is 0 Å². The lowest BCUT2D eigenvalue weighted by molar-refractivity contribution is 0.0808. The summed E-state index contributed by atoms with van der Waals surface area (Å²) < 4.78 is 0. The molecule has 3 unspecified atom stereocenters. The van der Waals surface area contributed by atoms with Crippen LogP contribution in [0.15, 0.2) is 0 Å². The molecule has 8 rings (SSSR count). The van der Waals surface area contributed by atoms with E-state index in [4.69, 9.17) is 34.4 Å². The van der Waals surface area contributed by atoms with Crippen molar-refractivity contribution in [1.29, 1.82) is 0 Å². The van der Waals surface area contributed by atoms with E-state index in [1.807, 2.05) is 0 Å². The quantitative estimate of drug-likeness (QED) is 0.0170. The molecule has 0 aliphatic carbocycles. The van der Waals surface area contributed by atoms with E-state index in [1.165, 1.54) is 0 Å². The van der Waals surface area contributed by atoms with Gasteiger partial charge in [0, 0.05) is 0 Å². The third-order valence-electron chi connectivity index (χ3n) is 11.5. The third-order valence-corrected chi connectivity index (χ3v) is 11.5. The number of nitrogen functional groups attached to an aromatic ring is 6. The van der Waals surface area contributed by atoms with E-state index >= 15 is 0 Å². The van der Waals surface area contributed by atoms with Crippen molar-refractivity contribution in [2.24, 2.45) is 0 Å². The number of hydrogen-bond acceptors (Lipinski definition) is 55. The van der Waals surface area contributed by atoms with E-state index in [0.717, 1.165) is 14.7 Å².